The maximum absolute atomic E-state index is 12.2. The van der Waals surface area contributed by atoms with Crippen molar-refractivity contribution in [3.63, 3.8) is 0 Å². The van der Waals surface area contributed by atoms with Crippen LogP contribution in [-0.4, -0.2) is 31.8 Å². The van der Waals surface area contributed by atoms with Gasteiger partial charge in [-0.1, -0.05) is 18.2 Å². The molecular weight excluding hydrogens is 333 g/mol. The normalized spacial score (nSPS) is 15.6. The largest absolute Gasteiger partial charge is 0.484 e. The van der Waals surface area contributed by atoms with Crippen LogP contribution in [0.5, 0.6) is 5.75 Å². The van der Waals surface area contributed by atoms with Crippen molar-refractivity contribution >= 4 is 18.3 Å². The SMILES string of the molecule is Cl.O=C(NCc1ccccc1OCC(F)(F)F)C1CCNCC1. The van der Waals surface area contributed by atoms with Crippen LogP contribution in [0.15, 0.2) is 24.3 Å². The summed E-state index contributed by atoms with van der Waals surface area (Å²) in [5.74, 6) is 0.0436. The molecule has 0 saturated carbocycles. The number of benzene rings is 1. The predicted molar refractivity (Wildman–Crippen MR) is 82.7 cm³/mol. The highest BCUT2D eigenvalue weighted by Crippen LogP contribution is 2.22. The lowest BCUT2D eigenvalue weighted by Crippen LogP contribution is -2.37. The van der Waals surface area contributed by atoms with Crippen LogP contribution in [0.1, 0.15) is 18.4 Å². The maximum Gasteiger partial charge on any atom is 0.422 e. The first-order valence-corrected chi connectivity index (χ1v) is 7.21. The highest BCUT2D eigenvalue weighted by Gasteiger charge is 2.28. The zero-order chi connectivity index (χ0) is 16.0. The summed E-state index contributed by atoms with van der Waals surface area (Å²) in [6, 6.07) is 6.42. The Morgan fingerprint density at radius 1 is 1.26 bits per heavy atom. The molecule has 1 aromatic rings. The second-order valence-electron chi connectivity index (χ2n) is 5.25. The number of para-hydroxylation sites is 1. The molecule has 1 heterocycles. The van der Waals surface area contributed by atoms with E-state index in [2.05, 4.69) is 10.6 Å². The molecule has 2 N–H and O–H groups in total. The summed E-state index contributed by atoms with van der Waals surface area (Å²) in [6.45, 7) is 0.440. The van der Waals surface area contributed by atoms with Crippen LogP contribution in [-0.2, 0) is 11.3 Å². The van der Waals surface area contributed by atoms with Gasteiger partial charge in [0, 0.05) is 18.0 Å². The van der Waals surface area contributed by atoms with Gasteiger partial charge in [0.1, 0.15) is 5.75 Å². The van der Waals surface area contributed by atoms with Crippen molar-refractivity contribution in [3.8, 4) is 5.75 Å². The Bertz CT molecular complexity index is 506. The van der Waals surface area contributed by atoms with Gasteiger partial charge in [0.15, 0.2) is 6.61 Å². The molecule has 2 rings (SSSR count). The molecule has 1 saturated heterocycles. The molecule has 0 atom stereocenters. The fraction of sp³-hybridized carbons (Fsp3) is 0.533. The van der Waals surface area contributed by atoms with Gasteiger partial charge in [-0.05, 0) is 32.0 Å². The van der Waals surface area contributed by atoms with Crippen molar-refractivity contribution in [2.24, 2.45) is 5.92 Å². The summed E-state index contributed by atoms with van der Waals surface area (Å²) in [6.07, 6.45) is -2.83. The highest BCUT2D eigenvalue weighted by atomic mass is 35.5. The molecular formula is C15H20ClF3N2O2. The van der Waals surface area contributed by atoms with E-state index >= 15 is 0 Å². The van der Waals surface area contributed by atoms with Gasteiger partial charge in [-0.15, -0.1) is 12.4 Å². The van der Waals surface area contributed by atoms with Crippen molar-refractivity contribution in [1.82, 2.24) is 10.6 Å². The first-order valence-electron chi connectivity index (χ1n) is 7.21. The van der Waals surface area contributed by atoms with Gasteiger partial charge in [0.2, 0.25) is 5.91 Å². The topological polar surface area (TPSA) is 50.4 Å². The summed E-state index contributed by atoms with van der Waals surface area (Å²) in [7, 11) is 0. The average molecular weight is 353 g/mol. The zero-order valence-corrected chi connectivity index (χ0v) is 13.3. The van der Waals surface area contributed by atoms with Gasteiger partial charge in [0.25, 0.3) is 0 Å². The molecule has 130 valence electrons. The Kier molecular flexibility index (Phi) is 7.64. The molecule has 0 radical (unpaired) electrons. The van der Waals surface area contributed by atoms with Crippen molar-refractivity contribution in [1.29, 1.82) is 0 Å². The van der Waals surface area contributed by atoms with E-state index in [1.165, 1.54) is 6.07 Å². The molecule has 1 aromatic carbocycles. The summed E-state index contributed by atoms with van der Waals surface area (Å²) in [4.78, 5) is 12.0. The third kappa shape index (κ3) is 6.66. The van der Waals surface area contributed by atoms with Gasteiger partial charge in [-0.3, -0.25) is 4.79 Å². The third-order valence-corrected chi connectivity index (χ3v) is 3.53. The number of nitrogens with one attached hydrogen (secondary N) is 2. The second kappa shape index (κ2) is 8.98. The molecule has 1 fully saturated rings. The van der Waals surface area contributed by atoms with Gasteiger partial charge in [-0.2, -0.15) is 13.2 Å². The van der Waals surface area contributed by atoms with Crippen LogP contribution in [0.3, 0.4) is 0 Å². The number of halogens is 4. The van der Waals surface area contributed by atoms with Gasteiger partial charge >= 0.3 is 6.18 Å². The summed E-state index contributed by atoms with van der Waals surface area (Å²) in [5, 5.41) is 5.96. The lowest BCUT2D eigenvalue weighted by atomic mass is 9.97. The Morgan fingerprint density at radius 3 is 2.57 bits per heavy atom. The molecule has 1 aliphatic rings. The molecule has 0 aliphatic carbocycles. The van der Waals surface area contributed by atoms with E-state index in [1.54, 1.807) is 18.2 Å². The van der Waals surface area contributed by atoms with Crippen molar-refractivity contribution in [2.45, 2.75) is 25.6 Å². The summed E-state index contributed by atoms with van der Waals surface area (Å²) in [5.41, 5.74) is 0.536. The lowest BCUT2D eigenvalue weighted by molar-refractivity contribution is -0.153. The second-order valence-corrected chi connectivity index (χ2v) is 5.25. The first-order chi connectivity index (χ1) is 10.5. The predicted octanol–water partition coefficient (Wildman–Crippen LogP) is 2.67. The van der Waals surface area contributed by atoms with Crippen molar-refractivity contribution in [3.05, 3.63) is 29.8 Å². The van der Waals surface area contributed by atoms with E-state index in [9.17, 15) is 18.0 Å². The number of carbonyl (C=O) groups excluding carboxylic acids is 1. The molecule has 1 amide bonds. The van der Waals surface area contributed by atoms with Crippen LogP contribution >= 0.6 is 12.4 Å². The van der Waals surface area contributed by atoms with E-state index in [4.69, 9.17) is 4.74 Å². The molecule has 8 heteroatoms. The number of alkyl halides is 3. The molecule has 0 spiro atoms. The van der Waals surface area contributed by atoms with E-state index in [1.807, 2.05) is 0 Å². The highest BCUT2D eigenvalue weighted by molar-refractivity contribution is 5.85. The third-order valence-electron chi connectivity index (χ3n) is 3.53. The summed E-state index contributed by atoms with van der Waals surface area (Å²) >= 11 is 0. The van der Waals surface area contributed by atoms with Crippen LogP contribution in [0.25, 0.3) is 0 Å². The van der Waals surface area contributed by atoms with Gasteiger partial charge < -0.3 is 15.4 Å². The number of carbonyl (C=O) groups is 1. The van der Waals surface area contributed by atoms with Crippen LogP contribution in [0.2, 0.25) is 0 Å². The fourth-order valence-electron chi connectivity index (χ4n) is 2.36. The molecule has 23 heavy (non-hydrogen) atoms. The molecule has 0 bridgehead atoms. The minimum absolute atomic E-state index is 0. The van der Waals surface area contributed by atoms with E-state index < -0.39 is 12.8 Å². The standard InChI is InChI=1S/C15H19F3N2O2.ClH/c16-15(17,18)10-22-13-4-2-1-3-12(13)9-20-14(21)11-5-7-19-8-6-11;/h1-4,11,19H,5-10H2,(H,20,21);1H. The number of piperidine rings is 1. The smallest absolute Gasteiger partial charge is 0.422 e. The molecule has 0 aromatic heterocycles. The van der Waals surface area contributed by atoms with Crippen molar-refractivity contribution in [2.75, 3.05) is 19.7 Å². The van der Waals surface area contributed by atoms with Crippen LogP contribution in [0.4, 0.5) is 13.2 Å². The first kappa shape index (κ1) is 19.6. The molecule has 4 nitrogen and oxygen atoms in total. The quantitative estimate of drug-likeness (QED) is 0.856. The van der Waals surface area contributed by atoms with E-state index in [0.29, 0.717) is 5.56 Å². The number of rotatable bonds is 5. The van der Waals surface area contributed by atoms with Crippen LogP contribution in [0, 0.1) is 5.92 Å². The number of hydrogen-bond acceptors (Lipinski definition) is 3. The molecule has 1 aliphatic heterocycles. The maximum atomic E-state index is 12.2. The Morgan fingerprint density at radius 2 is 1.91 bits per heavy atom. The van der Waals surface area contributed by atoms with Crippen LogP contribution < -0.4 is 15.4 Å². The minimum atomic E-state index is -4.38. The van der Waals surface area contributed by atoms with Crippen molar-refractivity contribution < 1.29 is 22.7 Å². The molecule has 0 unspecified atom stereocenters. The fourth-order valence-corrected chi connectivity index (χ4v) is 2.36. The lowest BCUT2D eigenvalue weighted by Gasteiger charge is -2.22. The number of amides is 1. The Hall–Kier alpha value is -1.47. The van der Waals surface area contributed by atoms with E-state index in [0.717, 1.165) is 25.9 Å². The Labute approximate surface area is 139 Å². The summed E-state index contributed by atoms with van der Waals surface area (Å²) < 4.78 is 41.5. The minimum Gasteiger partial charge on any atom is -0.484 e. The average Bonchev–Trinajstić information content (AvgIpc) is 2.51. The van der Waals surface area contributed by atoms with Gasteiger partial charge in [-0.25, -0.2) is 0 Å². The number of ether oxygens (including phenoxy) is 1. The number of hydrogen-bond donors (Lipinski definition) is 2. The zero-order valence-electron chi connectivity index (χ0n) is 12.5. The van der Waals surface area contributed by atoms with Gasteiger partial charge in [0.05, 0.1) is 0 Å². The Balaban J connectivity index is 0.00000264. The monoisotopic (exact) mass is 352 g/mol. The van der Waals surface area contributed by atoms with E-state index in [-0.39, 0.29) is 36.5 Å².